The number of carbonyl (C=O) groups is 3. The maximum absolute atomic E-state index is 14.2. The Bertz CT molecular complexity index is 917. The molecule has 0 heterocycles. The number of halogens is 5. The van der Waals surface area contributed by atoms with Gasteiger partial charge in [0, 0.05) is 6.42 Å². The number of ketones is 1. The van der Waals surface area contributed by atoms with Crippen LogP contribution in [-0.4, -0.2) is 23.6 Å². The highest BCUT2D eigenvalue weighted by Crippen LogP contribution is 2.35. The van der Waals surface area contributed by atoms with Crippen LogP contribution in [0.3, 0.4) is 0 Å². The van der Waals surface area contributed by atoms with E-state index in [1.54, 1.807) is 30.3 Å². The number of primary amides is 1. The molecule has 148 valence electrons. The Kier molecular flexibility index (Phi) is 6.40. The van der Waals surface area contributed by atoms with Crippen LogP contribution >= 0.6 is 11.6 Å². The summed E-state index contributed by atoms with van der Waals surface area (Å²) in [6, 6.07) is 7.54. The van der Waals surface area contributed by atoms with E-state index in [1.165, 1.54) is 0 Å². The lowest BCUT2D eigenvalue weighted by molar-refractivity contribution is -0.138. The second kappa shape index (κ2) is 8.39. The molecule has 1 unspecified atom stereocenters. The number of benzene rings is 2. The highest BCUT2D eigenvalue weighted by atomic mass is 35.5. The predicted octanol–water partition coefficient (Wildman–Crippen LogP) is 2.89. The number of alkyl halides is 3. The van der Waals surface area contributed by atoms with Gasteiger partial charge in [-0.3, -0.25) is 14.4 Å². The average molecular weight is 417 g/mol. The summed E-state index contributed by atoms with van der Waals surface area (Å²) in [6.07, 6.45) is -5.29. The van der Waals surface area contributed by atoms with Crippen molar-refractivity contribution in [2.24, 2.45) is 5.73 Å². The van der Waals surface area contributed by atoms with Crippen molar-refractivity contribution in [3.8, 4) is 0 Å². The van der Waals surface area contributed by atoms with Gasteiger partial charge in [-0.2, -0.15) is 13.2 Å². The molecule has 0 bridgehead atoms. The number of rotatable bonds is 6. The van der Waals surface area contributed by atoms with Crippen LogP contribution in [0.5, 0.6) is 0 Å². The Morgan fingerprint density at radius 1 is 1.07 bits per heavy atom. The Morgan fingerprint density at radius 2 is 1.68 bits per heavy atom. The van der Waals surface area contributed by atoms with Gasteiger partial charge >= 0.3 is 6.18 Å². The number of amides is 2. The van der Waals surface area contributed by atoms with Crippen LogP contribution in [0.4, 0.5) is 17.6 Å². The van der Waals surface area contributed by atoms with E-state index in [4.69, 9.17) is 17.3 Å². The lowest BCUT2D eigenvalue weighted by atomic mass is 10.00. The van der Waals surface area contributed by atoms with E-state index >= 15 is 0 Å². The third-order valence-corrected chi connectivity index (χ3v) is 4.07. The minimum absolute atomic E-state index is 0.238. The zero-order valence-corrected chi connectivity index (χ0v) is 14.8. The highest BCUT2D eigenvalue weighted by Gasteiger charge is 2.38. The molecule has 0 fully saturated rings. The smallest absolute Gasteiger partial charge is 0.363 e. The normalized spacial score (nSPS) is 12.3. The fraction of sp³-hybridized carbons (Fsp3) is 0.167. The molecule has 0 aliphatic carbocycles. The molecule has 3 N–H and O–H groups in total. The number of nitrogens with one attached hydrogen (secondary N) is 1. The summed E-state index contributed by atoms with van der Waals surface area (Å²) in [5.74, 6) is -5.79. The summed E-state index contributed by atoms with van der Waals surface area (Å²) >= 11 is 5.50. The number of hydrogen-bond donors (Lipinski definition) is 2. The molecule has 2 rings (SSSR count). The van der Waals surface area contributed by atoms with Crippen molar-refractivity contribution in [2.75, 3.05) is 0 Å². The molecule has 2 aromatic carbocycles. The first-order valence-corrected chi connectivity index (χ1v) is 8.13. The van der Waals surface area contributed by atoms with Gasteiger partial charge < -0.3 is 11.1 Å². The van der Waals surface area contributed by atoms with E-state index in [-0.39, 0.29) is 6.42 Å². The fourth-order valence-corrected chi connectivity index (χ4v) is 2.63. The molecular formula is C18H13ClF4N2O3. The minimum atomic E-state index is -5.05. The van der Waals surface area contributed by atoms with Crippen molar-refractivity contribution in [1.82, 2.24) is 5.32 Å². The maximum Gasteiger partial charge on any atom is 0.417 e. The predicted molar refractivity (Wildman–Crippen MR) is 92.0 cm³/mol. The number of carbonyl (C=O) groups excluding carboxylic acids is 3. The van der Waals surface area contributed by atoms with Crippen LogP contribution in [0.25, 0.3) is 0 Å². The Hall–Kier alpha value is -2.94. The largest absolute Gasteiger partial charge is 0.417 e. The Labute approximate surface area is 161 Å². The van der Waals surface area contributed by atoms with Gasteiger partial charge in [-0.25, -0.2) is 4.39 Å². The molecule has 10 heteroatoms. The van der Waals surface area contributed by atoms with Crippen LogP contribution in [0.15, 0.2) is 42.5 Å². The summed E-state index contributed by atoms with van der Waals surface area (Å²) < 4.78 is 53.7. The molecule has 2 amide bonds. The van der Waals surface area contributed by atoms with Gasteiger partial charge in [0.25, 0.3) is 11.8 Å². The van der Waals surface area contributed by atoms with Gasteiger partial charge in [-0.1, -0.05) is 41.9 Å². The van der Waals surface area contributed by atoms with Crippen molar-refractivity contribution >= 4 is 29.2 Å². The zero-order valence-electron chi connectivity index (χ0n) is 14.0. The fourth-order valence-electron chi connectivity index (χ4n) is 2.47. The van der Waals surface area contributed by atoms with Crippen LogP contribution in [0.1, 0.15) is 21.5 Å². The van der Waals surface area contributed by atoms with Gasteiger partial charge in [0.05, 0.1) is 16.1 Å². The van der Waals surface area contributed by atoms with Crippen LogP contribution in [-0.2, 0) is 22.2 Å². The quantitative estimate of drug-likeness (QED) is 0.560. The summed E-state index contributed by atoms with van der Waals surface area (Å²) in [5, 5.41) is 1.25. The van der Waals surface area contributed by atoms with Crippen molar-refractivity contribution in [1.29, 1.82) is 0 Å². The van der Waals surface area contributed by atoms with Gasteiger partial charge in [0.2, 0.25) is 5.78 Å². The molecule has 5 nitrogen and oxygen atoms in total. The molecule has 0 aromatic heterocycles. The Balaban J connectivity index is 2.42. The molecular weight excluding hydrogens is 404 g/mol. The summed E-state index contributed by atoms with van der Waals surface area (Å²) in [6.45, 7) is 0. The SMILES string of the molecule is NC(=O)C(=O)C(Cc1ccccc1)NC(=O)c1c(C(F)(F)F)ccc(Cl)c1F. The van der Waals surface area contributed by atoms with E-state index in [9.17, 15) is 31.9 Å². The molecule has 0 spiro atoms. The lowest BCUT2D eigenvalue weighted by Gasteiger charge is -2.19. The third-order valence-electron chi connectivity index (χ3n) is 3.77. The van der Waals surface area contributed by atoms with Crippen molar-refractivity contribution in [3.05, 3.63) is 70.0 Å². The number of nitrogens with two attached hydrogens (primary N) is 1. The van der Waals surface area contributed by atoms with Crippen molar-refractivity contribution < 1.29 is 31.9 Å². The third kappa shape index (κ3) is 4.86. The van der Waals surface area contributed by atoms with E-state index in [1.807, 2.05) is 5.32 Å². The van der Waals surface area contributed by atoms with Gasteiger partial charge in [0.15, 0.2) is 5.82 Å². The van der Waals surface area contributed by atoms with E-state index in [0.29, 0.717) is 17.7 Å². The summed E-state index contributed by atoms with van der Waals surface area (Å²) in [4.78, 5) is 35.7. The first-order valence-electron chi connectivity index (χ1n) is 7.76. The minimum Gasteiger partial charge on any atom is -0.363 e. The van der Waals surface area contributed by atoms with Crippen LogP contribution in [0.2, 0.25) is 5.02 Å². The molecule has 28 heavy (non-hydrogen) atoms. The van der Waals surface area contributed by atoms with E-state index in [2.05, 4.69) is 0 Å². The highest BCUT2D eigenvalue weighted by molar-refractivity contribution is 6.38. The van der Waals surface area contributed by atoms with Gasteiger partial charge in [-0.05, 0) is 17.7 Å². The van der Waals surface area contributed by atoms with Crippen LogP contribution in [0, 0.1) is 5.82 Å². The molecule has 2 aromatic rings. The standard InChI is InChI=1S/C18H13ClF4N2O3/c19-11-7-6-10(18(21,22)23)13(14(11)20)17(28)25-12(15(26)16(24)27)8-9-4-2-1-3-5-9/h1-7,12H,8H2,(H2,24,27)(H,25,28). The molecule has 0 saturated carbocycles. The lowest BCUT2D eigenvalue weighted by Crippen LogP contribution is -2.47. The summed E-state index contributed by atoms with van der Waals surface area (Å²) in [5.41, 5.74) is 2.48. The number of Topliss-reactive ketones (excluding diaryl/α,β-unsaturated/α-hetero) is 1. The summed E-state index contributed by atoms with van der Waals surface area (Å²) in [7, 11) is 0. The average Bonchev–Trinajstić information content (AvgIpc) is 2.62. The second-order valence-electron chi connectivity index (χ2n) is 5.73. The first kappa shape index (κ1) is 21.4. The zero-order chi connectivity index (χ0) is 21.1. The molecule has 0 radical (unpaired) electrons. The Morgan fingerprint density at radius 3 is 2.21 bits per heavy atom. The topological polar surface area (TPSA) is 89.3 Å². The number of hydrogen-bond acceptors (Lipinski definition) is 3. The van der Waals surface area contributed by atoms with Gasteiger partial charge in [-0.15, -0.1) is 0 Å². The van der Waals surface area contributed by atoms with Crippen LogP contribution < -0.4 is 11.1 Å². The van der Waals surface area contributed by atoms with Crippen molar-refractivity contribution in [2.45, 2.75) is 18.6 Å². The monoisotopic (exact) mass is 416 g/mol. The van der Waals surface area contributed by atoms with Crippen molar-refractivity contribution in [3.63, 3.8) is 0 Å². The van der Waals surface area contributed by atoms with Gasteiger partial charge in [0.1, 0.15) is 6.04 Å². The second-order valence-corrected chi connectivity index (χ2v) is 6.13. The first-order chi connectivity index (χ1) is 13.0. The molecule has 0 aliphatic heterocycles. The molecule has 0 aliphatic rings. The van der Waals surface area contributed by atoms with E-state index in [0.717, 1.165) is 0 Å². The molecule has 1 atom stereocenters. The molecule has 0 saturated heterocycles. The van der Waals surface area contributed by atoms with E-state index < -0.39 is 51.8 Å². The maximum atomic E-state index is 14.2.